The van der Waals surface area contributed by atoms with Gasteiger partial charge in [0.05, 0.1) is 6.61 Å². The molecular weight excluding hydrogens is 273 g/mol. The molecule has 0 fully saturated rings. The number of hydrogen-bond acceptors (Lipinski definition) is 3. The molecule has 0 spiro atoms. The zero-order valence-electron chi connectivity index (χ0n) is 9.50. The number of benzene rings is 1. The van der Waals surface area contributed by atoms with Crippen LogP contribution in [0.15, 0.2) is 18.2 Å². The summed E-state index contributed by atoms with van der Waals surface area (Å²) in [6, 6.07) is 3.57. The van der Waals surface area contributed by atoms with Crippen molar-refractivity contribution >= 4 is 11.6 Å². The van der Waals surface area contributed by atoms with Crippen LogP contribution >= 0.6 is 11.6 Å². The van der Waals surface area contributed by atoms with Crippen molar-refractivity contribution in [2.45, 2.75) is 12.3 Å². The topological polar surface area (TPSA) is 38.7 Å². The van der Waals surface area contributed by atoms with Crippen LogP contribution in [-0.4, -0.2) is 31.6 Å². The summed E-state index contributed by atoms with van der Waals surface area (Å²) in [5.74, 6) is -0.107. The van der Waals surface area contributed by atoms with Gasteiger partial charge < -0.3 is 14.6 Å². The van der Waals surface area contributed by atoms with Crippen LogP contribution < -0.4 is 4.74 Å². The van der Waals surface area contributed by atoms with Gasteiger partial charge >= 0.3 is 6.18 Å². The van der Waals surface area contributed by atoms with Gasteiger partial charge in [-0.25, -0.2) is 0 Å². The van der Waals surface area contributed by atoms with Crippen LogP contribution in [0.5, 0.6) is 5.75 Å². The lowest BCUT2D eigenvalue weighted by atomic mass is 10.1. The first-order valence-electron chi connectivity index (χ1n) is 5.02. The van der Waals surface area contributed by atoms with E-state index in [-0.39, 0.29) is 29.5 Å². The molecule has 1 aromatic rings. The molecule has 0 saturated heterocycles. The van der Waals surface area contributed by atoms with Crippen molar-refractivity contribution in [3.05, 3.63) is 28.8 Å². The smallest absolute Gasteiger partial charge is 0.418 e. The summed E-state index contributed by atoms with van der Waals surface area (Å²) in [4.78, 5) is 0. The van der Waals surface area contributed by atoms with Gasteiger partial charge in [0.2, 0.25) is 0 Å². The summed E-state index contributed by atoms with van der Waals surface area (Å²) < 4.78 is 47.1. The van der Waals surface area contributed by atoms with Crippen molar-refractivity contribution in [2.75, 3.05) is 20.3 Å². The van der Waals surface area contributed by atoms with Gasteiger partial charge in [-0.3, -0.25) is 0 Å². The van der Waals surface area contributed by atoms with Crippen molar-refractivity contribution in [2.24, 2.45) is 0 Å². The molecule has 1 N–H and O–H groups in total. The summed E-state index contributed by atoms with van der Waals surface area (Å²) in [5, 5.41) is 9.43. The summed E-state index contributed by atoms with van der Waals surface area (Å²) in [6.07, 6.45) is -7.36. The van der Waals surface area contributed by atoms with Gasteiger partial charge in [0.1, 0.15) is 12.4 Å². The number of alkyl halides is 3. The molecule has 0 heterocycles. The van der Waals surface area contributed by atoms with Gasteiger partial charge in [-0.15, -0.1) is 0 Å². The zero-order chi connectivity index (χ0) is 13.8. The molecule has 0 aliphatic rings. The van der Waals surface area contributed by atoms with Crippen molar-refractivity contribution in [3.8, 4) is 5.75 Å². The van der Waals surface area contributed by atoms with Crippen LogP contribution in [0, 0.1) is 0 Å². The number of hydrogen-bond donors (Lipinski definition) is 1. The van der Waals surface area contributed by atoms with E-state index in [1.165, 1.54) is 19.2 Å². The van der Waals surface area contributed by atoms with Crippen LogP contribution in [0.4, 0.5) is 13.2 Å². The number of aliphatic hydroxyl groups is 1. The van der Waals surface area contributed by atoms with E-state index in [1.54, 1.807) is 0 Å². The minimum Gasteiger partial charge on any atom is -0.491 e. The van der Waals surface area contributed by atoms with Crippen LogP contribution in [0.25, 0.3) is 0 Å². The highest BCUT2D eigenvalue weighted by atomic mass is 35.5. The third kappa shape index (κ3) is 4.04. The van der Waals surface area contributed by atoms with E-state index in [4.69, 9.17) is 21.1 Å². The lowest BCUT2D eigenvalue weighted by Crippen LogP contribution is -2.21. The monoisotopic (exact) mass is 284 g/mol. The molecule has 1 aromatic carbocycles. The van der Waals surface area contributed by atoms with E-state index >= 15 is 0 Å². The lowest BCUT2D eigenvalue weighted by Gasteiger charge is -2.18. The minimum atomic E-state index is -4.76. The van der Waals surface area contributed by atoms with E-state index in [9.17, 15) is 18.3 Å². The summed E-state index contributed by atoms with van der Waals surface area (Å²) in [5.41, 5.74) is -0.372. The lowest BCUT2D eigenvalue weighted by molar-refractivity contribution is -0.207. The second kappa shape index (κ2) is 6.26. The largest absolute Gasteiger partial charge is 0.491 e. The van der Waals surface area contributed by atoms with Crippen LogP contribution in [0.1, 0.15) is 11.7 Å². The summed E-state index contributed by atoms with van der Waals surface area (Å²) >= 11 is 5.67. The number of ether oxygens (including phenoxy) is 2. The first-order chi connectivity index (χ1) is 8.36. The van der Waals surface area contributed by atoms with Gasteiger partial charge in [-0.1, -0.05) is 17.7 Å². The minimum absolute atomic E-state index is 0.0639. The first-order valence-corrected chi connectivity index (χ1v) is 5.40. The molecule has 0 aliphatic carbocycles. The Hall–Kier alpha value is -0.980. The predicted molar refractivity (Wildman–Crippen MR) is 59.8 cm³/mol. The molecule has 0 saturated carbocycles. The average Bonchev–Trinajstić information content (AvgIpc) is 2.27. The number of methoxy groups -OCH3 is 1. The standard InChI is InChI=1S/C11H12ClF3O3/c1-17-4-5-18-9-6-7(12)2-3-8(9)10(16)11(13,14)15/h2-3,6,10,16H,4-5H2,1H3/t10-/m1/s1. The van der Waals surface area contributed by atoms with E-state index in [0.29, 0.717) is 0 Å². The first kappa shape index (κ1) is 15.1. The molecule has 0 aromatic heterocycles. The Morgan fingerprint density at radius 3 is 2.56 bits per heavy atom. The van der Waals surface area contributed by atoms with E-state index in [0.717, 1.165) is 6.07 Å². The quantitative estimate of drug-likeness (QED) is 0.845. The molecule has 0 bridgehead atoms. The van der Waals surface area contributed by atoms with Crippen LogP contribution in [0.2, 0.25) is 5.02 Å². The Balaban J connectivity index is 2.96. The maximum absolute atomic E-state index is 12.4. The van der Waals surface area contributed by atoms with Crippen molar-refractivity contribution < 1.29 is 27.8 Å². The highest BCUT2D eigenvalue weighted by Crippen LogP contribution is 2.38. The SMILES string of the molecule is COCCOc1cc(Cl)ccc1[C@@H](O)C(F)(F)F. The number of halogens is 4. The molecule has 0 amide bonds. The molecule has 102 valence electrons. The van der Waals surface area contributed by atoms with Crippen molar-refractivity contribution in [1.82, 2.24) is 0 Å². The van der Waals surface area contributed by atoms with E-state index in [1.807, 2.05) is 0 Å². The summed E-state index contributed by atoms with van der Waals surface area (Å²) in [6.45, 7) is 0.280. The highest BCUT2D eigenvalue weighted by molar-refractivity contribution is 6.30. The molecule has 7 heteroatoms. The molecular formula is C11H12ClF3O3. The Bertz CT molecular complexity index is 396. The molecule has 0 unspecified atom stereocenters. The van der Waals surface area contributed by atoms with Gasteiger partial charge in [0.25, 0.3) is 0 Å². The molecule has 0 aliphatic heterocycles. The van der Waals surface area contributed by atoms with Gasteiger partial charge in [0.15, 0.2) is 6.10 Å². The Morgan fingerprint density at radius 2 is 2.00 bits per heavy atom. The fraction of sp³-hybridized carbons (Fsp3) is 0.455. The molecule has 1 rings (SSSR count). The number of rotatable bonds is 5. The third-order valence-corrected chi connectivity index (χ3v) is 2.36. The molecule has 18 heavy (non-hydrogen) atoms. The third-order valence-electron chi connectivity index (χ3n) is 2.13. The molecule has 0 radical (unpaired) electrons. The Morgan fingerprint density at radius 1 is 1.33 bits per heavy atom. The predicted octanol–water partition coefficient (Wildman–Crippen LogP) is 2.96. The van der Waals surface area contributed by atoms with Crippen LogP contribution in [-0.2, 0) is 4.74 Å². The molecule has 1 atom stereocenters. The van der Waals surface area contributed by atoms with Gasteiger partial charge in [-0.05, 0) is 12.1 Å². The number of aliphatic hydroxyl groups excluding tert-OH is 1. The maximum Gasteiger partial charge on any atom is 0.418 e. The zero-order valence-corrected chi connectivity index (χ0v) is 10.3. The fourth-order valence-electron chi connectivity index (χ4n) is 1.27. The van der Waals surface area contributed by atoms with Gasteiger partial charge in [0, 0.05) is 17.7 Å². The average molecular weight is 285 g/mol. The second-order valence-electron chi connectivity index (χ2n) is 3.47. The van der Waals surface area contributed by atoms with Gasteiger partial charge in [-0.2, -0.15) is 13.2 Å². The van der Waals surface area contributed by atoms with Crippen LogP contribution in [0.3, 0.4) is 0 Å². The van der Waals surface area contributed by atoms with Crippen molar-refractivity contribution in [1.29, 1.82) is 0 Å². The Kier molecular flexibility index (Phi) is 5.25. The van der Waals surface area contributed by atoms with E-state index < -0.39 is 12.3 Å². The highest BCUT2D eigenvalue weighted by Gasteiger charge is 2.40. The van der Waals surface area contributed by atoms with E-state index in [2.05, 4.69) is 0 Å². The normalized spacial score (nSPS) is 13.4. The Labute approximate surface area is 107 Å². The molecule has 3 nitrogen and oxygen atoms in total. The van der Waals surface area contributed by atoms with Crippen molar-refractivity contribution in [3.63, 3.8) is 0 Å². The second-order valence-corrected chi connectivity index (χ2v) is 3.90. The summed E-state index contributed by atoms with van der Waals surface area (Å²) in [7, 11) is 1.44. The fourth-order valence-corrected chi connectivity index (χ4v) is 1.43. The maximum atomic E-state index is 12.4.